The Labute approximate surface area is 141 Å². The average molecular weight is 325 g/mol. The minimum atomic E-state index is -0.236. The van der Waals surface area contributed by atoms with Gasteiger partial charge in [0.05, 0.1) is 12.2 Å². The smallest absolute Gasteiger partial charge is 0.320 e. The highest BCUT2D eigenvalue weighted by molar-refractivity contribution is 5.89. The van der Waals surface area contributed by atoms with Crippen molar-refractivity contribution >= 4 is 22.8 Å². The van der Waals surface area contributed by atoms with Crippen LogP contribution in [0.4, 0.5) is 10.6 Å². The largest absolute Gasteiger partial charge is 0.361 e. The van der Waals surface area contributed by atoms with E-state index in [1.54, 1.807) is 6.20 Å². The number of rotatable bonds is 5. The molecule has 0 bridgehead atoms. The second kappa shape index (κ2) is 6.78. The normalized spacial score (nSPS) is 12.5. The van der Waals surface area contributed by atoms with E-state index in [4.69, 9.17) is 0 Å². The molecule has 3 N–H and O–H groups in total. The van der Waals surface area contributed by atoms with Crippen molar-refractivity contribution in [1.82, 2.24) is 20.1 Å². The molecule has 0 radical (unpaired) electrons. The number of anilines is 1. The van der Waals surface area contributed by atoms with Crippen molar-refractivity contribution in [2.24, 2.45) is 5.92 Å². The Kier molecular flexibility index (Phi) is 4.55. The molecule has 24 heavy (non-hydrogen) atoms. The standard InChI is InChI=1S/C18H23N5O/c1-12(2)13(3)23-17(8-10-21-23)22-18(24)20-11-14-5-4-6-16-15(14)7-9-19-16/h4-10,12-13,19H,11H2,1-3H3,(H2,20,22,24)/t13-/m0/s1. The molecule has 126 valence electrons. The number of urea groups is 1. The number of hydrogen-bond donors (Lipinski definition) is 3. The predicted molar refractivity (Wildman–Crippen MR) is 95.9 cm³/mol. The minimum absolute atomic E-state index is 0.212. The van der Waals surface area contributed by atoms with Crippen LogP contribution in [0.25, 0.3) is 10.9 Å². The van der Waals surface area contributed by atoms with Gasteiger partial charge >= 0.3 is 6.03 Å². The summed E-state index contributed by atoms with van der Waals surface area (Å²) in [6, 6.07) is 9.82. The number of benzene rings is 1. The second-order valence-electron chi connectivity index (χ2n) is 6.31. The number of hydrogen-bond acceptors (Lipinski definition) is 2. The van der Waals surface area contributed by atoms with E-state index < -0.39 is 0 Å². The third-order valence-corrected chi connectivity index (χ3v) is 4.39. The summed E-state index contributed by atoms with van der Waals surface area (Å²) in [5, 5.41) is 11.2. The van der Waals surface area contributed by atoms with Crippen molar-refractivity contribution in [3.8, 4) is 0 Å². The molecule has 0 aliphatic rings. The number of carbonyl (C=O) groups excluding carboxylic acids is 1. The van der Waals surface area contributed by atoms with Crippen LogP contribution in [-0.4, -0.2) is 20.8 Å². The Hall–Kier alpha value is -2.76. The SMILES string of the molecule is CC(C)[C@H](C)n1nccc1NC(=O)NCc1cccc2[nH]ccc12. The van der Waals surface area contributed by atoms with Crippen LogP contribution in [0.3, 0.4) is 0 Å². The molecular formula is C18H23N5O. The summed E-state index contributed by atoms with van der Waals surface area (Å²) in [7, 11) is 0. The van der Waals surface area contributed by atoms with Crippen LogP contribution in [0.2, 0.25) is 0 Å². The molecule has 2 aromatic heterocycles. The van der Waals surface area contributed by atoms with Crippen LogP contribution in [0, 0.1) is 5.92 Å². The van der Waals surface area contributed by atoms with Gasteiger partial charge in [-0.2, -0.15) is 5.10 Å². The van der Waals surface area contributed by atoms with E-state index >= 15 is 0 Å². The monoisotopic (exact) mass is 325 g/mol. The fraction of sp³-hybridized carbons (Fsp3) is 0.333. The van der Waals surface area contributed by atoms with Gasteiger partial charge in [-0.25, -0.2) is 9.48 Å². The molecule has 6 nitrogen and oxygen atoms in total. The van der Waals surface area contributed by atoms with Crippen LogP contribution in [-0.2, 0) is 6.54 Å². The zero-order valence-corrected chi connectivity index (χ0v) is 14.2. The number of amides is 2. The molecule has 0 saturated heterocycles. The highest BCUT2D eigenvalue weighted by Gasteiger charge is 2.15. The second-order valence-corrected chi connectivity index (χ2v) is 6.31. The molecule has 0 spiro atoms. The highest BCUT2D eigenvalue weighted by Crippen LogP contribution is 2.21. The van der Waals surface area contributed by atoms with Crippen LogP contribution in [0.1, 0.15) is 32.4 Å². The quantitative estimate of drug-likeness (QED) is 0.665. The summed E-state index contributed by atoms with van der Waals surface area (Å²) in [5.41, 5.74) is 2.14. The number of fused-ring (bicyclic) bond motifs is 1. The van der Waals surface area contributed by atoms with E-state index in [0.717, 1.165) is 16.5 Å². The summed E-state index contributed by atoms with van der Waals surface area (Å²) < 4.78 is 1.84. The van der Waals surface area contributed by atoms with E-state index in [0.29, 0.717) is 18.3 Å². The van der Waals surface area contributed by atoms with Gasteiger partial charge in [0.25, 0.3) is 0 Å². The maximum Gasteiger partial charge on any atom is 0.320 e. The van der Waals surface area contributed by atoms with E-state index in [9.17, 15) is 4.79 Å². The fourth-order valence-corrected chi connectivity index (χ4v) is 2.66. The average Bonchev–Trinajstić information content (AvgIpc) is 3.21. The zero-order valence-electron chi connectivity index (χ0n) is 14.2. The van der Waals surface area contributed by atoms with Crippen LogP contribution < -0.4 is 10.6 Å². The van der Waals surface area contributed by atoms with Crippen LogP contribution in [0.15, 0.2) is 42.7 Å². The van der Waals surface area contributed by atoms with Crippen molar-refractivity contribution < 1.29 is 4.79 Å². The fourth-order valence-electron chi connectivity index (χ4n) is 2.66. The van der Waals surface area contributed by atoms with Gasteiger partial charge in [-0.1, -0.05) is 26.0 Å². The number of nitrogens with one attached hydrogen (secondary N) is 3. The Balaban J connectivity index is 1.65. The van der Waals surface area contributed by atoms with Crippen molar-refractivity contribution in [1.29, 1.82) is 0 Å². The van der Waals surface area contributed by atoms with Crippen LogP contribution >= 0.6 is 0 Å². The van der Waals surface area contributed by atoms with Crippen molar-refractivity contribution in [2.75, 3.05) is 5.32 Å². The van der Waals surface area contributed by atoms with Gasteiger partial charge in [-0.3, -0.25) is 5.32 Å². The minimum Gasteiger partial charge on any atom is -0.361 e. The van der Waals surface area contributed by atoms with Crippen LogP contribution in [0.5, 0.6) is 0 Å². The van der Waals surface area contributed by atoms with Gasteiger partial charge in [0.2, 0.25) is 0 Å². The lowest BCUT2D eigenvalue weighted by Crippen LogP contribution is -2.30. The van der Waals surface area contributed by atoms with Crippen molar-refractivity contribution in [2.45, 2.75) is 33.4 Å². The number of aromatic nitrogens is 3. The number of carbonyl (C=O) groups is 1. The van der Waals surface area contributed by atoms with Gasteiger partial charge in [0.15, 0.2) is 0 Å². The van der Waals surface area contributed by atoms with E-state index in [1.165, 1.54) is 0 Å². The molecule has 0 fully saturated rings. The van der Waals surface area contributed by atoms with Crippen molar-refractivity contribution in [3.63, 3.8) is 0 Å². The van der Waals surface area contributed by atoms with Gasteiger partial charge in [0.1, 0.15) is 5.82 Å². The number of nitrogens with zero attached hydrogens (tertiary/aromatic N) is 2. The molecule has 1 atom stereocenters. The third kappa shape index (κ3) is 3.27. The molecule has 2 heterocycles. The van der Waals surface area contributed by atoms with Crippen molar-refractivity contribution in [3.05, 3.63) is 48.3 Å². The molecule has 0 aliphatic heterocycles. The third-order valence-electron chi connectivity index (χ3n) is 4.39. The summed E-state index contributed by atoms with van der Waals surface area (Å²) in [6.07, 6.45) is 3.61. The van der Waals surface area contributed by atoms with E-state index in [-0.39, 0.29) is 12.1 Å². The summed E-state index contributed by atoms with van der Waals surface area (Å²) in [6.45, 7) is 6.82. The van der Waals surface area contributed by atoms with Gasteiger partial charge < -0.3 is 10.3 Å². The first-order valence-electron chi connectivity index (χ1n) is 8.19. The van der Waals surface area contributed by atoms with E-state index in [2.05, 4.69) is 41.5 Å². The predicted octanol–water partition coefficient (Wildman–Crippen LogP) is 3.90. The molecule has 3 rings (SSSR count). The molecule has 0 unspecified atom stereocenters. The van der Waals surface area contributed by atoms with Gasteiger partial charge in [-0.15, -0.1) is 0 Å². The van der Waals surface area contributed by atoms with Gasteiger partial charge in [0, 0.05) is 29.7 Å². The lowest BCUT2D eigenvalue weighted by atomic mass is 10.1. The molecule has 6 heteroatoms. The molecule has 3 aromatic rings. The Morgan fingerprint density at radius 1 is 1.25 bits per heavy atom. The summed E-state index contributed by atoms with van der Waals surface area (Å²) in [4.78, 5) is 15.4. The lowest BCUT2D eigenvalue weighted by Gasteiger charge is -2.19. The van der Waals surface area contributed by atoms with Gasteiger partial charge in [-0.05, 0) is 30.5 Å². The first kappa shape index (κ1) is 16.1. The summed E-state index contributed by atoms with van der Waals surface area (Å²) >= 11 is 0. The number of H-pyrrole nitrogens is 1. The maximum atomic E-state index is 12.2. The first-order chi connectivity index (χ1) is 11.6. The lowest BCUT2D eigenvalue weighted by molar-refractivity contribution is 0.251. The highest BCUT2D eigenvalue weighted by atomic mass is 16.2. The molecule has 0 saturated carbocycles. The molecule has 1 aromatic carbocycles. The molecule has 2 amide bonds. The Morgan fingerprint density at radius 2 is 2.08 bits per heavy atom. The molecule has 0 aliphatic carbocycles. The van der Waals surface area contributed by atoms with E-state index in [1.807, 2.05) is 41.2 Å². The maximum absolute atomic E-state index is 12.2. The summed E-state index contributed by atoms with van der Waals surface area (Å²) in [5.74, 6) is 1.13. The topological polar surface area (TPSA) is 74.7 Å². The number of aromatic amines is 1. The first-order valence-corrected chi connectivity index (χ1v) is 8.19. The zero-order chi connectivity index (χ0) is 17.1. The molecular weight excluding hydrogens is 302 g/mol. The Morgan fingerprint density at radius 3 is 2.88 bits per heavy atom. The Bertz CT molecular complexity index is 833.